The minimum absolute atomic E-state index is 0.123. The number of unbranched alkanes of at least 4 members (excludes halogenated alkanes) is 2. The van der Waals surface area contributed by atoms with Gasteiger partial charge in [-0.05, 0) is 42.0 Å². The van der Waals surface area contributed by atoms with Crippen molar-refractivity contribution in [3.05, 3.63) is 82.3 Å². The summed E-state index contributed by atoms with van der Waals surface area (Å²) in [5.41, 5.74) is 0.867. The molecule has 1 aliphatic heterocycles. The third kappa shape index (κ3) is 5.22. The molecule has 0 saturated heterocycles. The SMILES string of the molecule is CCCCCOc1cccc(C2C(C(=O)c3cccs3)=C(O)C(=O)N2CCCn2ccnc2)c1. The largest absolute Gasteiger partial charge is 0.503 e. The van der Waals surface area contributed by atoms with Crippen molar-refractivity contribution in [1.82, 2.24) is 14.5 Å². The van der Waals surface area contributed by atoms with Gasteiger partial charge in [0.05, 0.1) is 29.4 Å². The summed E-state index contributed by atoms with van der Waals surface area (Å²) in [6.07, 6.45) is 9.12. The lowest BCUT2D eigenvalue weighted by Crippen LogP contribution is -2.32. The molecule has 1 aliphatic rings. The van der Waals surface area contributed by atoms with Crippen LogP contribution in [0.5, 0.6) is 5.75 Å². The Morgan fingerprint density at radius 2 is 2.06 bits per heavy atom. The molecule has 0 fully saturated rings. The summed E-state index contributed by atoms with van der Waals surface area (Å²) in [4.78, 5) is 32.6. The smallest absolute Gasteiger partial charge is 0.290 e. The number of thiophene rings is 1. The molecule has 0 radical (unpaired) electrons. The Bertz CT molecular complexity index is 1140. The van der Waals surface area contributed by atoms with Gasteiger partial charge in [-0.25, -0.2) is 4.98 Å². The first kappa shape index (κ1) is 23.8. The fourth-order valence-corrected chi connectivity index (χ4v) is 4.84. The zero-order valence-electron chi connectivity index (χ0n) is 19.2. The van der Waals surface area contributed by atoms with Crippen molar-refractivity contribution in [3.63, 3.8) is 0 Å². The number of aliphatic hydroxyl groups is 1. The van der Waals surface area contributed by atoms with Gasteiger partial charge in [0.15, 0.2) is 5.76 Å². The number of imidazole rings is 1. The number of carbonyl (C=O) groups is 2. The first-order chi connectivity index (χ1) is 16.6. The maximum Gasteiger partial charge on any atom is 0.290 e. The molecule has 7 nitrogen and oxygen atoms in total. The molecule has 1 amide bonds. The summed E-state index contributed by atoms with van der Waals surface area (Å²) >= 11 is 1.29. The predicted molar refractivity (Wildman–Crippen MR) is 131 cm³/mol. The molecule has 1 aromatic carbocycles. The van der Waals surface area contributed by atoms with Crippen LogP contribution in [-0.4, -0.2) is 44.4 Å². The fourth-order valence-electron chi connectivity index (χ4n) is 4.16. The second-order valence-electron chi connectivity index (χ2n) is 8.25. The Hall–Kier alpha value is -3.39. The molecule has 1 unspecified atom stereocenters. The van der Waals surface area contributed by atoms with E-state index in [0.29, 0.717) is 36.7 Å². The Morgan fingerprint density at radius 3 is 2.79 bits per heavy atom. The number of hydrogen-bond donors (Lipinski definition) is 1. The van der Waals surface area contributed by atoms with Crippen molar-refractivity contribution in [1.29, 1.82) is 0 Å². The molecule has 0 saturated carbocycles. The first-order valence-electron chi connectivity index (χ1n) is 11.6. The van der Waals surface area contributed by atoms with E-state index in [9.17, 15) is 14.7 Å². The molecular formula is C26H29N3O4S. The Labute approximate surface area is 203 Å². The Balaban J connectivity index is 1.61. The van der Waals surface area contributed by atoms with E-state index in [4.69, 9.17) is 4.74 Å². The lowest BCUT2D eigenvalue weighted by atomic mass is 9.95. The van der Waals surface area contributed by atoms with Gasteiger partial charge in [0.25, 0.3) is 5.91 Å². The van der Waals surface area contributed by atoms with Gasteiger partial charge in [-0.15, -0.1) is 11.3 Å². The van der Waals surface area contributed by atoms with Crippen LogP contribution in [0.2, 0.25) is 0 Å². The van der Waals surface area contributed by atoms with Gasteiger partial charge in [-0.1, -0.05) is 38.0 Å². The van der Waals surface area contributed by atoms with Gasteiger partial charge >= 0.3 is 0 Å². The van der Waals surface area contributed by atoms with Crippen molar-refractivity contribution in [2.45, 2.75) is 45.2 Å². The van der Waals surface area contributed by atoms with Crippen LogP contribution in [0.4, 0.5) is 0 Å². The number of nitrogens with zero attached hydrogens (tertiary/aromatic N) is 3. The van der Waals surface area contributed by atoms with Gasteiger partial charge in [0, 0.05) is 25.5 Å². The second kappa shape index (κ2) is 11.2. The highest BCUT2D eigenvalue weighted by Gasteiger charge is 2.43. The molecule has 3 heterocycles. The van der Waals surface area contributed by atoms with E-state index < -0.39 is 17.7 Å². The maximum atomic E-state index is 13.4. The molecule has 2 aromatic heterocycles. The normalized spacial score (nSPS) is 15.9. The van der Waals surface area contributed by atoms with Crippen molar-refractivity contribution in [3.8, 4) is 5.75 Å². The molecule has 0 bridgehead atoms. The molecule has 3 aromatic rings. The van der Waals surface area contributed by atoms with Crippen LogP contribution < -0.4 is 4.74 Å². The van der Waals surface area contributed by atoms with Crippen LogP contribution in [0.15, 0.2) is 71.8 Å². The van der Waals surface area contributed by atoms with Crippen molar-refractivity contribution >= 4 is 23.0 Å². The molecule has 1 N–H and O–H groups in total. The number of amides is 1. The van der Waals surface area contributed by atoms with Crippen molar-refractivity contribution in [2.24, 2.45) is 0 Å². The molecule has 178 valence electrons. The number of Topliss-reactive ketones (excluding diaryl/α,β-unsaturated/α-hetero) is 1. The monoisotopic (exact) mass is 479 g/mol. The summed E-state index contributed by atoms with van der Waals surface area (Å²) in [7, 11) is 0. The molecule has 8 heteroatoms. The van der Waals surface area contributed by atoms with Crippen molar-refractivity contribution < 1.29 is 19.4 Å². The van der Waals surface area contributed by atoms with Gasteiger partial charge < -0.3 is 19.3 Å². The highest BCUT2D eigenvalue weighted by atomic mass is 32.1. The number of ether oxygens (including phenoxy) is 1. The van der Waals surface area contributed by atoms with Gasteiger partial charge in [0.2, 0.25) is 5.78 Å². The Morgan fingerprint density at radius 1 is 1.18 bits per heavy atom. The topological polar surface area (TPSA) is 84.7 Å². The minimum Gasteiger partial charge on any atom is -0.503 e. The number of carbonyl (C=O) groups excluding carboxylic acids is 2. The third-order valence-electron chi connectivity index (χ3n) is 5.86. The summed E-state index contributed by atoms with van der Waals surface area (Å²) in [6.45, 7) is 3.81. The van der Waals surface area contributed by atoms with Crippen LogP contribution in [0.1, 0.15) is 53.9 Å². The quantitative estimate of drug-likeness (QED) is 0.286. The number of aryl methyl sites for hydroxylation is 1. The van der Waals surface area contributed by atoms with E-state index in [-0.39, 0.29) is 11.4 Å². The Kier molecular flexibility index (Phi) is 7.80. The van der Waals surface area contributed by atoms with Gasteiger partial charge in [-0.2, -0.15) is 0 Å². The van der Waals surface area contributed by atoms with Crippen LogP contribution in [-0.2, 0) is 11.3 Å². The molecule has 0 aliphatic carbocycles. The molecular weight excluding hydrogens is 450 g/mol. The predicted octanol–water partition coefficient (Wildman–Crippen LogP) is 5.18. The number of hydrogen-bond acceptors (Lipinski definition) is 6. The van der Waals surface area contributed by atoms with Crippen LogP contribution in [0.25, 0.3) is 0 Å². The van der Waals surface area contributed by atoms with E-state index in [1.54, 1.807) is 29.6 Å². The van der Waals surface area contributed by atoms with Crippen LogP contribution in [0.3, 0.4) is 0 Å². The fraction of sp³-hybridized carbons (Fsp3) is 0.346. The average Bonchev–Trinajstić information content (AvgIpc) is 3.61. The molecule has 34 heavy (non-hydrogen) atoms. The van der Waals surface area contributed by atoms with E-state index in [1.165, 1.54) is 11.3 Å². The summed E-state index contributed by atoms with van der Waals surface area (Å²) < 4.78 is 7.86. The lowest BCUT2D eigenvalue weighted by Gasteiger charge is -2.27. The van der Waals surface area contributed by atoms with E-state index >= 15 is 0 Å². The zero-order valence-corrected chi connectivity index (χ0v) is 20.0. The first-order valence-corrected chi connectivity index (χ1v) is 12.5. The van der Waals surface area contributed by atoms with E-state index in [1.807, 2.05) is 40.4 Å². The van der Waals surface area contributed by atoms with E-state index in [2.05, 4.69) is 11.9 Å². The summed E-state index contributed by atoms with van der Waals surface area (Å²) in [6, 6.07) is 10.3. The minimum atomic E-state index is -0.677. The molecule has 0 spiro atoms. The second-order valence-corrected chi connectivity index (χ2v) is 9.20. The highest BCUT2D eigenvalue weighted by molar-refractivity contribution is 7.12. The zero-order chi connectivity index (χ0) is 23.9. The number of aromatic nitrogens is 2. The van der Waals surface area contributed by atoms with Crippen molar-refractivity contribution in [2.75, 3.05) is 13.2 Å². The average molecular weight is 480 g/mol. The highest BCUT2D eigenvalue weighted by Crippen LogP contribution is 2.40. The molecule has 4 rings (SSSR count). The lowest BCUT2D eigenvalue weighted by molar-refractivity contribution is -0.129. The number of benzene rings is 1. The standard InChI is InChI=1S/C26H29N3O4S/c1-2-3-4-15-33-20-9-5-8-19(17-20)23-22(24(30)21-10-6-16-34-21)25(31)26(32)29(23)13-7-12-28-14-11-27-18-28/h5-6,8-11,14,16-18,23,31H,2-4,7,12-13,15H2,1H3. The molecule has 1 atom stereocenters. The van der Waals surface area contributed by atoms with Gasteiger partial charge in [0.1, 0.15) is 5.75 Å². The van der Waals surface area contributed by atoms with Gasteiger partial charge in [-0.3, -0.25) is 9.59 Å². The summed E-state index contributed by atoms with van der Waals surface area (Å²) in [5.74, 6) is -0.629. The summed E-state index contributed by atoms with van der Waals surface area (Å²) in [5, 5.41) is 12.6. The van der Waals surface area contributed by atoms with E-state index in [0.717, 1.165) is 24.8 Å². The number of aliphatic hydroxyl groups excluding tert-OH is 1. The number of ketones is 1. The van der Waals surface area contributed by atoms with Crippen LogP contribution >= 0.6 is 11.3 Å². The third-order valence-corrected chi connectivity index (χ3v) is 6.73. The maximum absolute atomic E-state index is 13.4. The number of rotatable bonds is 12. The van der Waals surface area contributed by atoms with Crippen LogP contribution in [0, 0.1) is 0 Å².